The van der Waals surface area contributed by atoms with E-state index in [1.165, 1.54) is 0 Å². The molecule has 4 rings (SSSR count). The molecule has 0 spiro atoms. The summed E-state index contributed by atoms with van der Waals surface area (Å²) in [4.78, 5) is 18.9. The zero-order valence-electron chi connectivity index (χ0n) is 14.5. The molecule has 0 N–H and O–H groups in total. The Labute approximate surface area is 146 Å². The van der Waals surface area contributed by atoms with Gasteiger partial charge in [-0.25, -0.2) is 9.97 Å². The summed E-state index contributed by atoms with van der Waals surface area (Å²) in [5.41, 5.74) is 8.27. The van der Waals surface area contributed by atoms with Crippen LogP contribution in [0.3, 0.4) is 0 Å². The molecular formula is C21H18N4. The van der Waals surface area contributed by atoms with Gasteiger partial charge in [-0.15, -0.1) is 0 Å². The molecule has 0 radical (unpaired) electrons. The van der Waals surface area contributed by atoms with E-state index in [0.29, 0.717) is 0 Å². The lowest BCUT2D eigenvalue weighted by molar-refractivity contribution is 1.17. The second-order valence-corrected chi connectivity index (χ2v) is 6.25. The van der Waals surface area contributed by atoms with Gasteiger partial charge in [-0.2, -0.15) is 0 Å². The maximum absolute atomic E-state index is 4.92. The molecule has 0 fully saturated rings. The zero-order valence-corrected chi connectivity index (χ0v) is 14.5. The van der Waals surface area contributed by atoms with Crippen molar-refractivity contribution in [3.63, 3.8) is 0 Å². The minimum atomic E-state index is 0.774. The molecule has 0 aliphatic heterocycles. The van der Waals surface area contributed by atoms with Gasteiger partial charge in [-0.1, -0.05) is 18.2 Å². The normalized spacial score (nSPS) is 11.0. The molecule has 0 aliphatic carbocycles. The van der Waals surface area contributed by atoms with Crippen LogP contribution in [-0.2, 0) is 0 Å². The fourth-order valence-corrected chi connectivity index (χ4v) is 2.96. The highest BCUT2D eigenvalue weighted by Crippen LogP contribution is 2.32. The molecule has 4 nitrogen and oxygen atoms in total. The first-order chi connectivity index (χ1) is 12.1. The molecule has 4 aromatic rings. The number of hydrogen-bond acceptors (Lipinski definition) is 4. The van der Waals surface area contributed by atoms with Crippen molar-refractivity contribution in [3.8, 4) is 22.8 Å². The minimum absolute atomic E-state index is 0.774. The van der Waals surface area contributed by atoms with Crippen molar-refractivity contribution in [2.75, 3.05) is 0 Å². The Morgan fingerprint density at radius 2 is 1.16 bits per heavy atom. The van der Waals surface area contributed by atoms with Gasteiger partial charge < -0.3 is 0 Å². The van der Waals surface area contributed by atoms with E-state index in [2.05, 4.69) is 29.0 Å². The zero-order chi connectivity index (χ0) is 17.4. The van der Waals surface area contributed by atoms with Gasteiger partial charge in [0, 0.05) is 12.4 Å². The maximum atomic E-state index is 4.92. The van der Waals surface area contributed by atoms with E-state index in [-0.39, 0.29) is 0 Å². The lowest BCUT2D eigenvalue weighted by Gasteiger charge is -2.12. The van der Waals surface area contributed by atoms with Crippen molar-refractivity contribution < 1.29 is 0 Å². The van der Waals surface area contributed by atoms with Crippen molar-refractivity contribution in [1.29, 1.82) is 0 Å². The quantitative estimate of drug-likeness (QED) is 0.537. The van der Waals surface area contributed by atoms with Crippen LogP contribution in [0, 0.1) is 20.8 Å². The lowest BCUT2D eigenvalue weighted by Crippen LogP contribution is -2.01. The van der Waals surface area contributed by atoms with Crippen LogP contribution in [0.2, 0.25) is 0 Å². The monoisotopic (exact) mass is 326 g/mol. The predicted molar refractivity (Wildman–Crippen MR) is 100 cm³/mol. The Morgan fingerprint density at radius 3 is 1.72 bits per heavy atom. The predicted octanol–water partition coefficient (Wildman–Crippen LogP) is 4.68. The van der Waals surface area contributed by atoms with E-state index >= 15 is 0 Å². The topological polar surface area (TPSA) is 51.6 Å². The Bertz CT molecular complexity index is 1090. The fraction of sp³-hybridized carbons (Fsp3) is 0.143. The van der Waals surface area contributed by atoms with Crippen LogP contribution >= 0.6 is 0 Å². The first-order valence-corrected chi connectivity index (χ1v) is 8.26. The van der Waals surface area contributed by atoms with Crippen molar-refractivity contribution in [1.82, 2.24) is 19.9 Å². The molecule has 0 aliphatic rings. The summed E-state index contributed by atoms with van der Waals surface area (Å²) in [5.74, 6) is 0. The lowest BCUT2D eigenvalue weighted by atomic mass is 10.0. The Morgan fingerprint density at radius 1 is 0.600 bits per heavy atom. The van der Waals surface area contributed by atoms with Crippen molar-refractivity contribution in [2.45, 2.75) is 20.8 Å². The summed E-state index contributed by atoms with van der Waals surface area (Å²) < 4.78 is 0. The van der Waals surface area contributed by atoms with Gasteiger partial charge in [0.05, 0.1) is 22.4 Å². The molecule has 25 heavy (non-hydrogen) atoms. The minimum Gasteiger partial charge on any atom is -0.254 e. The number of hydrogen-bond donors (Lipinski definition) is 0. The highest BCUT2D eigenvalue weighted by molar-refractivity contribution is 5.85. The number of fused-ring (bicyclic) bond motifs is 1. The summed E-state index contributed by atoms with van der Waals surface area (Å²) in [6.07, 6.45) is 3.58. The third-order valence-corrected chi connectivity index (χ3v) is 4.29. The number of rotatable bonds is 2. The first-order valence-electron chi connectivity index (χ1n) is 8.26. The average molecular weight is 326 g/mol. The largest absolute Gasteiger partial charge is 0.254 e. The third kappa shape index (κ3) is 2.76. The SMILES string of the molecule is Cc1ccc2nc(-c3ncccc3C)c(-c3ncccc3C)nc2c1. The molecule has 3 aromatic heterocycles. The number of aryl methyl sites for hydroxylation is 3. The third-order valence-electron chi connectivity index (χ3n) is 4.29. The van der Waals surface area contributed by atoms with Gasteiger partial charge in [0.25, 0.3) is 0 Å². The van der Waals surface area contributed by atoms with Crippen LogP contribution in [0.5, 0.6) is 0 Å². The van der Waals surface area contributed by atoms with E-state index in [0.717, 1.165) is 50.5 Å². The van der Waals surface area contributed by atoms with Crippen LogP contribution in [0.1, 0.15) is 16.7 Å². The van der Waals surface area contributed by atoms with Crippen LogP contribution in [-0.4, -0.2) is 19.9 Å². The Hall–Kier alpha value is -3.14. The first kappa shape index (κ1) is 15.4. The smallest absolute Gasteiger partial charge is 0.118 e. The van der Waals surface area contributed by atoms with Gasteiger partial charge in [0.15, 0.2) is 0 Å². The van der Waals surface area contributed by atoms with Crippen LogP contribution < -0.4 is 0 Å². The second-order valence-electron chi connectivity index (χ2n) is 6.25. The van der Waals surface area contributed by atoms with Crippen LogP contribution in [0.4, 0.5) is 0 Å². The van der Waals surface area contributed by atoms with E-state index in [1.54, 1.807) is 12.4 Å². The number of aromatic nitrogens is 4. The van der Waals surface area contributed by atoms with Crippen molar-refractivity contribution >= 4 is 11.0 Å². The number of pyridine rings is 2. The molecule has 0 atom stereocenters. The van der Waals surface area contributed by atoms with Crippen molar-refractivity contribution in [3.05, 3.63) is 71.5 Å². The van der Waals surface area contributed by atoms with E-state index in [4.69, 9.17) is 9.97 Å². The van der Waals surface area contributed by atoms with Crippen LogP contribution in [0.25, 0.3) is 33.8 Å². The van der Waals surface area contributed by atoms with E-state index in [1.807, 2.05) is 44.2 Å². The summed E-state index contributed by atoms with van der Waals surface area (Å²) in [6, 6.07) is 14.1. The highest BCUT2D eigenvalue weighted by atomic mass is 14.9. The molecule has 0 saturated carbocycles. The summed E-state index contributed by atoms with van der Waals surface area (Å²) in [5, 5.41) is 0. The number of benzene rings is 1. The van der Waals surface area contributed by atoms with Crippen molar-refractivity contribution in [2.24, 2.45) is 0 Å². The Balaban J connectivity index is 2.09. The molecule has 0 unspecified atom stereocenters. The van der Waals surface area contributed by atoms with Gasteiger partial charge in [-0.3, -0.25) is 9.97 Å². The second kappa shape index (κ2) is 6.06. The molecule has 0 saturated heterocycles. The highest BCUT2D eigenvalue weighted by Gasteiger charge is 2.18. The van der Waals surface area contributed by atoms with E-state index < -0.39 is 0 Å². The average Bonchev–Trinajstić information content (AvgIpc) is 2.62. The summed E-state index contributed by atoms with van der Waals surface area (Å²) >= 11 is 0. The molecule has 4 heteroatoms. The van der Waals surface area contributed by atoms with Gasteiger partial charge in [0.2, 0.25) is 0 Å². The fourth-order valence-electron chi connectivity index (χ4n) is 2.96. The molecular weight excluding hydrogens is 308 g/mol. The Kier molecular flexibility index (Phi) is 3.73. The summed E-state index contributed by atoms with van der Waals surface area (Å²) in [6.45, 7) is 6.14. The number of nitrogens with zero attached hydrogens (tertiary/aromatic N) is 4. The molecule has 0 bridgehead atoms. The van der Waals surface area contributed by atoms with E-state index in [9.17, 15) is 0 Å². The molecule has 122 valence electrons. The van der Waals surface area contributed by atoms with Gasteiger partial charge in [0.1, 0.15) is 11.4 Å². The molecule has 3 heterocycles. The van der Waals surface area contributed by atoms with Gasteiger partial charge in [-0.05, 0) is 61.7 Å². The standard InChI is InChI=1S/C21H18N4/c1-13-8-9-16-17(12-13)25-21(19-15(3)7-5-11-23-19)20(24-16)18-14(2)6-4-10-22-18/h4-12H,1-3H3. The summed E-state index contributed by atoms with van der Waals surface area (Å²) in [7, 11) is 0. The van der Waals surface area contributed by atoms with Crippen LogP contribution in [0.15, 0.2) is 54.9 Å². The molecule has 1 aromatic carbocycles. The van der Waals surface area contributed by atoms with Gasteiger partial charge >= 0.3 is 0 Å². The molecule has 0 amide bonds. The maximum Gasteiger partial charge on any atom is 0.118 e.